The Morgan fingerprint density at radius 3 is 2.70 bits per heavy atom. The molecule has 1 unspecified atom stereocenters. The molecular formula is C17H26N2O. The van der Waals surface area contributed by atoms with Gasteiger partial charge in [-0.1, -0.05) is 24.3 Å². The summed E-state index contributed by atoms with van der Waals surface area (Å²) in [6, 6.07) is 10.2. The first-order chi connectivity index (χ1) is 9.83. The highest BCUT2D eigenvalue weighted by molar-refractivity contribution is 5.31. The first kappa shape index (κ1) is 14.1. The first-order valence-corrected chi connectivity index (χ1v) is 7.88. The zero-order valence-corrected chi connectivity index (χ0v) is 12.4. The van der Waals surface area contributed by atoms with Gasteiger partial charge in [0.05, 0.1) is 6.61 Å². The quantitative estimate of drug-likeness (QED) is 0.792. The number of methoxy groups -OCH3 is 1. The molecule has 2 aliphatic carbocycles. The van der Waals surface area contributed by atoms with Crippen molar-refractivity contribution in [1.29, 1.82) is 0 Å². The minimum atomic E-state index is 0.344. The van der Waals surface area contributed by atoms with Crippen molar-refractivity contribution in [3.05, 3.63) is 35.4 Å². The highest BCUT2D eigenvalue weighted by Crippen LogP contribution is 2.41. The van der Waals surface area contributed by atoms with Crippen molar-refractivity contribution in [3.63, 3.8) is 0 Å². The smallest absolute Gasteiger partial charge is 0.0590 e. The minimum absolute atomic E-state index is 0.344. The predicted octanol–water partition coefficient (Wildman–Crippen LogP) is 2.67. The summed E-state index contributed by atoms with van der Waals surface area (Å²) in [5.41, 5.74) is 8.99. The van der Waals surface area contributed by atoms with Gasteiger partial charge < -0.3 is 10.5 Å². The van der Waals surface area contributed by atoms with Gasteiger partial charge in [-0.05, 0) is 42.7 Å². The van der Waals surface area contributed by atoms with Gasteiger partial charge in [0.1, 0.15) is 0 Å². The molecule has 0 saturated heterocycles. The second-order valence-corrected chi connectivity index (χ2v) is 6.16. The van der Waals surface area contributed by atoms with Crippen LogP contribution in [-0.4, -0.2) is 37.7 Å². The van der Waals surface area contributed by atoms with E-state index in [1.165, 1.54) is 36.8 Å². The molecule has 3 nitrogen and oxygen atoms in total. The molecule has 0 spiro atoms. The summed E-state index contributed by atoms with van der Waals surface area (Å²) in [6.45, 7) is 2.46. The van der Waals surface area contributed by atoms with Crippen LogP contribution in [0.4, 0.5) is 0 Å². The number of hydrogen-bond acceptors (Lipinski definition) is 3. The average molecular weight is 274 g/mol. The maximum absolute atomic E-state index is 6.10. The Morgan fingerprint density at radius 2 is 2.10 bits per heavy atom. The molecule has 0 bridgehead atoms. The first-order valence-electron chi connectivity index (χ1n) is 7.88. The van der Waals surface area contributed by atoms with E-state index in [4.69, 9.17) is 10.5 Å². The summed E-state index contributed by atoms with van der Waals surface area (Å²) in [7, 11) is 1.77. The van der Waals surface area contributed by atoms with Crippen LogP contribution in [0.2, 0.25) is 0 Å². The lowest BCUT2D eigenvalue weighted by Gasteiger charge is -2.31. The monoisotopic (exact) mass is 274 g/mol. The van der Waals surface area contributed by atoms with Gasteiger partial charge >= 0.3 is 0 Å². The summed E-state index contributed by atoms with van der Waals surface area (Å²) in [5.74, 6) is 0.807. The third-order valence-corrected chi connectivity index (χ3v) is 4.54. The largest absolute Gasteiger partial charge is 0.383 e. The Morgan fingerprint density at radius 1 is 1.30 bits per heavy atom. The van der Waals surface area contributed by atoms with E-state index in [9.17, 15) is 0 Å². The molecule has 20 heavy (non-hydrogen) atoms. The maximum Gasteiger partial charge on any atom is 0.0590 e. The number of ether oxygens (including phenoxy) is 1. The van der Waals surface area contributed by atoms with Crippen molar-refractivity contribution < 1.29 is 4.74 Å². The highest BCUT2D eigenvalue weighted by atomic mass is 16.5. The van der Waals surface area contributed by atoms with Crippen LogP contribution in [0.25, 0.3) is 0 Å². The van der Waals surface area contributed by atoms with Crippen molar-refractivity contribution in [2.75, 3.05) is 26.8 Å². The van der Waals surface area contributed by atoms with E-state index in [0.29, 0.717) is 18.6 Å². The van der Waals surface area contributed by atoms with Gasteiger partial charge in [-0.15, -0.1) is 0 Å². The molecule has 2 aliphatic rings. The van der Waals surface area contributed by atoms with Crippen molar-refractivity contribution in [2.24, 2.45) is 5.73 Å². The number of rotatable bonds is 8. The highest BCUT2D eigenvalue weighted by Gasteiger charge is 2.34. The molecule has 2 saturated carbocycles. The van der Waals surface area contributed by atoms with Crippen LogP contribution in [0.15, 0.2) is 24.3 Å². The van der Waals surface area contributed by atoms with Crippen molar-refractivity contribution in [3.8, 4) is 0 Å². The molecular weight excluding hydrogens is 248 g/mol. The van der Waals surface area contributed by atoms with Crippen molar-refractivity contribution >= 4 is 0 Å². The molecule has 1 aromatic carbocycles. The van der Waals surface area contributed by atoms with Crippen LogP contribution < -0.4 is 5.73 Å². The molecule has 0 radical (unpaired) electrons. The second kappa shape index (κ2) is 6.25. The number of nitrogens with two attached hydrogens (primary N) is 1. The molecule has 0 amide bonds. The van der Waals surface area contributed by atoms with Crippen LogP contribution in [0.1, 0.15) is 48.8 Å². The van der Waals surface area contributed by atoms with Gasteiger partial charge in [-0.3, -0.25) is 4.90 Å². The number of benzene rings is 1. The van der Waals surface area contributed by atoms with Gasteiger partial charge in [0.15, 0.2) is 0 Å². The third-order valence-electron chi connectivity index (χ3n) is 4.54. The SMILES string of the molecule is COCCN(C1CC1)C(CN)c1cccc(C2CC2)c1. The molecule has 110 valence electrons. The Hall–Kier alpha value is -0.900. The van der Waals surface area contributed by atoms with E-state index < -0.39 is 0 Å². The van der Waals surface area contributed by atoms with Crippen LogP contribution in [0, 0.1) is 0 Å². The summed E-state index contributed by atoms with van der Waals surface area (Å²) >= 11 is 0. The fraction of sp³-hybridized carbons (Fsp3) is 0.647. The lowest BCUT2D eigenvalue weighted by molar-refractivity contribution is 0.115. The fourth-order valence-electron chi connectivity index (χ4n) is 3.10. The van der Waals surface area contributed by atoms with E-state index in [1.54, 1.807) is 7.11 Å². The summed E-state index contributed by atoms with van der Waals surface area (Å²) in [4.78, 5) is 2.55. The zero-order chi connectivity index (χ0) is 13.9. The number of nitrogens with zero attached hydrogens (tertiary/aromatic N) is 1. The van der Waals surface area contributed by atoms with E-state index in [1.807, 2.05) is 0 Å². The van der Waals surface area contributed by atoms with Crippen molar-refractivity contribution in [2.45, 2.75) is 43.7 Å². The van der Waals surface area contributed by atoms with E-state index >= 15 is 0 Å². The molecule has 2 N–H and O–H groups in total. The minimum Gasteiger partial charge on any atom is -0.383 e. The van der Waals surface area contributed by atoms with Crippen LogP contribution in [-0.2, 0) is 4.74 Å². The summed E-state index contributed by atoms with van der Waals surface area (Å²) in [5, 5.41) is 0. The van der Waals surface area contributed by atoms with Crippen LogP contribution in [0.3, 0.4) is 0 Å². The molecule has 1 aromatic rings. The fourth-order valence-corrected chi connectivity index (χ4v) is 3.10. The van der Waals surface area contributed by atoms with Crippen LogP contribution >= 0.6 is 0 Å². The Bertz CT molecular complexity index is 440. The molecule has 0 aromatic heterocycles. The van der Waals surface area contributed by atoms with Gasteiger partial charge in [0.25, 0.3) is 0 Å². The van der Waals surface area contributed by atoms with E-state index in [2.05, 4.69) is 29.2 Å². The van der Waals surface area contributed by atoms with Gasteiger partial charge in [0.2, 0.25) is 0 Å². The van der Waals surface area contributed by atoms with Crippen molar-refractivity contribution in [1.82, 2.24) is 4.90 Å². The Kier molecular flexibility index (Phi) is 4.39. The average Bonchev–Trinajstić information content (AvgIpc) is 3.36. The molecule has 2 fully saturated rings. The Balaban J connectivity index is 1.77. The second-order valence-electron chi connectivity index (χ2n) is 6.16. The third kappa shape index (κ3) is 3.22. The normalized spacial score (nSPS) is 20.4. The van der Waals surface area contributed by atoms with E-state index in [-0.39, 0.29) is 0 Å². The maximum atomic E-state index is 6.10. The molecule has 0 heterocycles. The summed E-state index contributed by atoms with van der Waals surface area (Å²) in [6.07, 6.45) is 5.32. The summed E-state index contributed by atoms with van der Waals surface area (Å²) < 4.78 is 5.27. The van der Waals surface area contributed by atoms with E-state index in [0.717, 1.165) is 19.1 Å². The lowest BCUT2D eigenvalue weighted by atomic mass is 10.0. The molecule has 1 atom stereocenters. The topological polar surface area (TPSA) is 38.5 Å². The standard InChI is InChI=1S/C17H26N2O/c1-20-10-9-19(16-7-8-16)17(12-18)15-4-2-3-14(11-15)13-5-6-13/h2-4,11,13,16-17H,5-10,12,18H2,1H3. The predicted molar refractivity (Wildman–Crippen MR) is 81.8 cm³/mol. The Labute approximate surface area is 122 Å². The molecule has 3 heteroatoms. The van der Waals surface area contributed by atoms with Gasteiger partial charge in [-0.25, -0.2) is 0 Å². The lowest BCUT2D eigenvalue weighted by Crippen LogP contribution is -2.37. The molecule has 3 rings (SSSR count). The molecule has 0 aliphatic heterocycles. The van der Waals surface area contributed by atoms with Gasteiger partial charge in [-0.2, -0.15) is 0 Å². The number of hydrogen-bond donors (Lipinski definition) is 1. The van der Waals surface area contributed by atoms with Crippen LogP contribution in [0.5, 0.6) is 0 Å². The zero-order valence-electron chi connectivity index (χ0n) is 12.4. The van der Waals surface area contributed by atoms with Gasteiger partial charge in [0, 0.05) is 32.3 Å².